The maximum atomic E-state index is 12.6. The lowest BCUT2D eigenvalue weighted by Crippen LogP contribution is -2.33. The Morgan fingerprint density at radius 3 is 2.62 bits per heavy atom. The predicted molar refractivity (Wildman–Crippen MR) is 93.1 cm³/mol. The monoisotopic (exact) mass is 324 g/mol. The van der Waals surface area contributed by atoms with Gasteiger partial charge in [0.05, 0.1) is 12.3 Å². The number of nitrogens with one attached hydrogen (secondary N) is 1. The Labute approximate surface area is 141 Å². The molecule has 3 rings (SSSR count). The van der Waals surface area contributed by atoms with E-state index in [-0.39, 0.29) is 11.8 Å². The SMILES string of the molecule is CCOc1ccccc1NC(=O)C1CCN(c2ccccc2)C1=O. The number of hydrogen-bond donors (Lipinski definition) is 1. The third kappa shape index (κ3) is 3.25. The topological polar surface area (TPSA) is 58.6 Å². The van der Waals surface area contributed by atoms with Gasteiger partial charge in [-0.3, -0.25) is 9.59 Å². The summed E-state index contributed by atoms with van der Waals surface area (Å²) in [7, 11) is 0. The number of anilines is 2. The molecule has 1 unspecified atom stereocenters. The van der Waals surface area contributed by atoms with Crippen molar-refractivity contribution in [3.05, 3.63) is 54.6 Å². The van der Waals surface area contributed by atoms with Crippen molar-refractivity contribution in [2.24, 2.45) is 5.92 Å². The largest absolute Gasteiger partial charge is 0.492 e. The minimum atomic E-state index is -0.667. The lowest BCUT2D eigenvalue weighted by atomic mass is 10.1. The predicted octanol–water partition coefficient (Wildman–Crippen LogP) is 3.08. The number of nitrogens with zero attached hydrogens (tertiary/aromatic N) is 1. The highest BCUT2D eigenvalue weighted by atomic mass is 16.5. The average molecular weight is 324 g/mol. The van der Waals surface area contributed by atoms with Crippen LogP contribution in [-0.4, -0.2) is 25.0 Å². The third-order valence-electron chi connectivity index (χ3n) is 4.03. The van der Waals surface area contributed by atoms with E-state index in [0.29, 0.717) is 31.0 Å². The summed E-state index contributed by atoms with van der Waals surface area (Å²) in [6.07, 6.45) is 0.510. The zero-order valence-electron chi connectivity index (χ0n) is 13.6. The summed E-state index contributed by atoms with van der Waals surface area (Å²) in [4.78, 5) is 26.8. The minimum absolute atomic E-state index is 0.160. The second-order valence-corrected chi connectivity index (χ2v) is 5.59. The van der Waals surface area contributed by atoms with Crippen LogP contribution in [0.5, 0.6) is 5.75 Å². The fourth-order valence-electron chi connectivity index (χ4n) is 2.86. The Morgan fingerprint density at radius 1 is 1.17 bits per heavy atom. The van der Waals surface area contributed by atoms with Crippen molar-refractivity contribution >= 4 is 23.2 Å². The van der Waals surface area contributed by atoms with Crippen molar-refractivity contribution < 1.29 is 14.3 Å². The molecule has 1 atom stereocenters. The summed E-state index contributed by atoms with van der Waals surface area (Å²) in [5.74, 6) is -0.503. The molecule has 24 heavy (non-hydrogen) atoms. The van der Waals surface area contributed by atoms with Crippen LogP contribution in [0.15, 0.2) is 54.6 Å². The highest BCUT2D eigenvalue weighted by Gasteiger charge is 2.37. The van der Waals surface area contributed by atoms with Crippen molar-refractivity contribution in [1.29, 1.82) is 0 Å². The van der Waals surface area contributed by atoms with Crippen LogP contribution in [0.25, 0.3) is 0 Å². The number of carbonyl (C=O) groups is 2. The van der Waals surface area contributed by atoms with E-state index in [9.17, 15) is 9.59 Å². The number of amides is 2. The van der Waals surface area contributed by atoms with Crippen LogP contribution in [-0.2, 0) is 9.59 Å². The van der Waals surface area contributed by atoms with Gasteiger partial charge in [-0.05, 0) is 37.6 Å². The molecule has 0 spiro atoms. The standard InChI is InChI=1S/C19H20N2O3/c1-2-24-17-11-7-6-10-16(17)20-18(22)15-12-13-21(19(15)23)14-8-4-3-5-9-14/h3-11,15H,2,12-13H2,1H3,(H,20,22). The van der Waals surface area contributed by atoms with Gasteiger partial charge in [0, 0.05) is 12.2 Å². The van der Waals surface area contributed by atoms with E-state index in [1.54, 1.807) is 17.0 Å². The van der Waals surface area contributed by atoms with E-state index in [1.165, 1.54) is 0 Å². The van der Waals surface area contributed by atoms with Gasteiger partial charge in [0.25, 0.3) is 0 Å². The highest BCUT2D eigenvalue weighted by Crippen LogP contribution is 2.28. The van der Waals surface area contributed by atoms with Crippen LogP contribution < -0.4 is 15.0 Å². The summed E-state index contributed by atoms with van der Waals surface area (Å²) in [5, 5.41) is 2.83. The Balaban J connectivity index is 1.72. The fraction of sp³-hybridized carbons (Fsp3) is 0.263. The first-order valence-electron chi connectivity index (χ1n) is 8.10. The van der Waals surface area contributed by atoms with E-state index >= 15 is 0 Å². The lowest BCUT2D eigenvalue weighted by molar-refractivity contribution is -0.129. The molecular formula is C19H20N2O3. The van der Waals surface area contributed by atoms with Crippen LogP contribution in [0.3, 0.4) is 0 Å². The molecule has 0 saturated carbocycles. The number of benzene rings is 2. The molecule has 5 nitrogen and oxygen atoms in total. The van der Waals surface area contributed by atoms with Crippen LogP contribution in [0.2, 0.25) is 0 Å². The number of hydrogen-bond acceptors (Lipinski definition) is 3. The van der Waals surface area contributed by atoms with Gasteiger partial charge in [0.15, 0.2) is 0 Å². The molecule has 0 bridgehead atoms. The molecule has 0 radical (unpaired) electrons. The molecule has 2 aromatic rings. The van der Waals surface area contributed by atoms with Crippen molar-refractivity contribution in [2.45, 2.75) is 13.3 Å². The molecule has 1 saturated heterocycles. The number of para-hydroxylation sites is 3. The molecule has 1 aliphatic heterocycles. The smallest absolute Gasteiger partial charge is 0.239 e. The summed E-state index contributed by atoms with van der Waals surface area (Å²) in [6.45, 7) is 2.95. The van der Waals surface area contributed by atoms with E-state index in [0.717, 1.165) is 5.69 Å². The first-order valence-corrected chi connectivity index (χ1v) is 8.10. The molecule has 0 aliphatic carbocycles. The fourth-order valence-corrected chi connectivity index (χ4v) is 2.86. The van der Waals surface area contributed by atoms with Gasteiger partial charge in [-0.25, -0.2) is 0 Å². The van der Waals surface area contributed by atoms with Gasteiger partial charge in [0.2, 0.25) is 11.8 Å². The normalized spacial score (nSPS) is 17.0. The molecule has 1 heterocycles. The maximum Gasteiger partial charge on any atom is 0.239 e. The van der Waals surface area contributed by atoms with Crippen LogP contribution in [0.1, 0.15) is 13.3 Å². The molecule has 2 aromatic carbocycles. The van der Waals surface area contributed by atoms with Crippen LogP contribution in [0.4, 0.5) is 11.4 Å². The molecule has 1 N–H and O–H groups in total. The van der Waals surface area contributed by atoms with E-state index in [2.05, 4.69) is 5.32 Å². The zero-order chi connectivity index (χ0) is 16.9. The van der Waals surface area contributed by atoms with Gasteiger partial charge in [-0.1, -0.05) is 30.3 Å². The van der Waals surface area contributed by atoms with E-state index < -0.39 is 5.92 Å². The van der Waals surface area contributed by atoms with Crippen LogP contribution >= 0.6 is 0 Å². The van der Waals surface area contributed by atoms with Crippen molar-refractivity contribution in [3.63, 3.8) is 0 Å². The molecule has 124 valence electrons. The van der Waals surface area contributed by atoms with Crippen molar-refractivity contribution in [1.82, 2.24) is 0 Å². The van der Waals surface area contributed by atoms with Gasteiger partial charge >= 0.3 is 0 Å². The summed E-state index contributed by atoms with van der Waals surface area (Å²) in [5.41, 5.74) is 1.42. The number of rotatable bonds is 5. The summed E-state index contributed by atoms with van der Waals surface area (Å²) < 4.78 is 5.51. The minimum Gasteiger partial charge on any atom is -0.492 e. The van der Waals surface area contributed by atoms with Gasteiger partial charge in [0.1, 0.15) is 11.7 Å². The number of ether oxygens (including phenoxy) is 1. The molecular weight excluding hydrogens is 304 g/mol. The second kappa shape index (κ2) is 7.17. The molecule has 2 amide bonds. The third-order valence-corrected chi connectivity index (χ3v) is 4.03. The van der Waals surface area contributed by atoms with Crippen LogP contribution in [0, 0.1) is 5.92 Å². The average Bonchev–Trinajstić information content (AvgIpc) is 2.99. The lowest BCUT2D eigenvalue weighted by Gasteiger charge is -2.17. The summed E-state index contributed by atoms with van der Waals surface area (Å²) >= 11 is 0. The Bertz CT molecular complexity index is 730. The van der Waals surface area contributed by atoms with E-state index in [1.807, 2.05) is 49.4 Å². The molecule has 5 heteroatoms. The first kappa shape index (κ1) is 16.1. The van der Waals surface area contributed by atoms with Gasteiger partial charge in [-0.15, -0.1) is 0 Å². The van der Waals surface area contributed by atoms with Gasteiger partial charge in [-0.2, -0.15) is 0 Å². The van der Waals surface area contributed by atoms with E-state index in [4.69, 9.17) is 4.74 Å². The Kier molecular flexibility index (Phi) is 4.79. The maximum absolute atomic E-state index is 12.6. The van der Waals surface area contributed by atoms with Crippen molar-refractivity contribution in [3.8, 4) is 5.75 Å². The molecule has 0 aromatic heterocycles. The van der Waals surface area contributed by atoms with Gasteiger partial charge < -0.3 is 15.0 Å². The molecule has 1 fully saturated rings. The second-order valence-electron chi connectivity index (χ2n) is 5.59. The first-order chi connectivity index (χ1) is 11.7. The highest BCUT2D eigenvalue weighted by molar-refractivity contribution is 6.13. The molecule has 1 aliphatic rings. The summed E-state index contributed by atoms with van der Waals surface area (Å²) in [6, 6.07) is 16.7. The Morgan fingerprint density at radius 2 is 1.88 bits per heavy atom. The Hall–Kier alpha value is -2.82. The zero-order valence-corrected chi connectivity index (χ0v) is 13.6. The van der Waals surface area contributed by atoms with Crippen molar-refractivity contribution in [2.75, 3.05) is 23.4 Å². The quantitative estimate of drug-likeness (QED) is 0.860. The number of carbonyl (C=O) groups excluding carboxylic acids is 2.